The Morgan fingerprint density at radius 3 is 2.93 bits per heavy atom. The minimum Gasteiger partial charge on any atom is -0.268 e. The average molecular weight is 243 g/mol. The topological polar surface area (TPSA) is 34.9 Å². The van der Waals surface area contributed by atoms with Crippen LogP contribution in [0, 0.1) is 13.8 Å². The number of alkyl halides is 1. The molecule has 0 bridgehead atoms. The normalized spacial score (nSPS) is 11.1. The number of pyridine rings is 1. The first-order valence-electron chi connectivity index (χ1n) is 4.67. The highest BCUT2D eigenvalue weighted by atomic mass is 35.5. The van der Waals surface area contributed by atoms with Gasteiger partial charge in [-0.2, -0.15) is 0 Å². The number of hydrogen-bond donors (Lipinski definition) is 0. The van der Waals surface area contributed by atoms with Gasteiger partial charge in [0.2, 0.25) is 0 Å². The van der Waals surface area contributed by atoms with Crippen LogP contribution in [0.5, 0.6) is 0 Å². The molecule has 0 aliphatic carbocycles. The maximum Gasteiger partial charge on any atom is 0.270 e. The van der Waals surface area contributed by atoms with E-state index in [-0.39, 0.29) is 5.56 Å². The van der Waals surface area contributed by atoms with E-state index in [2.05, 4.69) is 4.98 Å². The molecular formula is C10H11ClN2OS. The Bertz CT molecular complexity index is 558. The summed E-state index contributed by atoms with van der Waals surface area (Å²) in [5.41, 5.74) is 1.96. The molecule has 0 N–H and O–H groups in total. The Kier molecular flexibility index (Phi) is 2.80. The molecule has 2 aromatic rings. The van der Waals surface area contributed by atoms with Crippen LogP contribution in [-0.2, 0) is 6.54 Å². The molecule has 0 radical (unpaired) electrons. The van der Waals surface area contributed by atoms with E-state index in [4.69, 9.17) is 11.6 Å². The third kappa shape index (κ3) is 1.79. The number of fused-ring (bicyclic) bond motifs is 1. The van der Waals surface area contributed by atoms with Gasteiger partial charge in [-0.15, -0.1) is 11.6 Å². The Morgan fingerprint density at radius 1 is 1.53 bits per heavy atom. The number of hydrogen-bond acceptors (Lipinski definition) is 3. The van der Waals surface area contributed by atoms with Crippen LogP contribution in [0.25, 0.3) is 10.2 Å². The van der Waals surface area contributed by atoms with Crippen LogP contribution in [0.4, 0.5) is 0 Å². The summed E-state index contributed by atoms with van der Waals surface area (Å²) in [6.45, 7) is 4.43. The maximum atomic E-state index is 11.9. The van der Waals surface area contributed by atoms with Gasteiger partial charge in [-0.1, -0.05) is 0 Å². The van der Waals surface area contributed by atoms with Crippen molar-refractivity contribution in [3.63, 3.8) is 0 Å². The summed E-state index contributed by atoms with van der Waals surface area (Å²) in [7, 11) is 0. The van der Waals surface area contributed by atoms with Gasteiger partial charge in [-0.05, 0) is 37.0 Å². The molecule has 5 heteroatoms. The van der Waals surface area contributed by atoms with Gasteiger partial charge in [0.1, 0.15) is 4.83 Å². The highest BCUT2D eigenvalue weighted by Gasteiger charge is 2.11. The summed E-state index contributed by atoms with van der Waals surface area (Å²) in [4.78, 5) is 17.1. The molecule has 0 unspecified atom stereocenters. The number of halogens is 1. The van der Waals surface area contributed by atoms with Crippen LogP contribution in [0.1, 0.15) is 11.3 Å². The molecular weight excluding hydrogens is 232 g/mol. The van der Waals surface area contributed by atoms with Crippen LogP contribution in [-0.4, -0.2) is 14.8 Å². The summed E-state index contributed by atoms with van der Waals surface area (Å²) in [6.07, 6.45) is 0. The third-order valence-electron chi connectivity index (χ3n) is 2.24. The van der Waals surface area contributed by atoms with E-state index in [1.165, 1.54) is 11.5 Å². The lowest BCUT2D eigenvalue weighted by molar-refractivity contribution is 0.820. The molecule has 0 fully saturated rings. The maximum absolute atomic E-state index is 11.9. The van der Waals surface area contributed by atoms with Crippen molar-refractivity contribution in [2.24, 2.45) is 0 Å². The molecule has 80 valence electrons. The van der Waals surface area contributed by atoms with Gasteiger partial charge in [-0.3, -0.25) is 8.75 Å². The third-order valence-corrected chi connectivity index (χ3v) is 3.44. The Labute approximate surface area is 96.5 Å². The molecule has 3 nitrogen and oxygen atoms in total. The Morgan fingerprint density at radius 2 is 2.27 bits per heavy atom. The fraction of sp³-hybridized carbons (Fsp3) is 0.400. The summed E-state index contributed by atoms with van der Waals surface area (Å²) in [5.74, 6) is 0.449. The van der Waals surface area contributed by atoms with Gasteiger partial charge in [0.05, 0.1) is 11.9 Å². The van der Waals surface area contributed by atoms with Gasteiger partial charge in [-0.25, -0.2) is 4.98 Å². The summed E-state index contributed by atoms with van der Waals surface area (Å²) < 4.78 is 1.66. The van der Waals surface area contributed by atoms with Crippen molar-refractivity contribution < 1.29 is 0 Å². The predicted octanol–water partition coefficient (Wildman–Crippen LogP) is 2.31. The molecule has 0 atom stereocenters. The standard InChI is InChI=1S/C10H11ClN2OS/c1-6-5-7(2)12-9-8(6)10(14)13(15-9)4-3-11/h5H,3-4H2,1-2H3. The van der Waals surface area contributed by atoms with Crippen molar-refractivity contribution >= 4 is 33.4 Å². The quantitative estimate of drug-likeness (QED) is 0.758. The highest BCUT2D eigenvalue weighted by molar-refractivity contribution is 7.13. The molecule has 15 heavy (non-hydrogen) atoms. The second-order valence-electron chi connectivity index (χ2n) is 3.45. The van der Waals surface area contributed by atoms with Gasteiger partial charge in [0.25, 0.3) is 5.56 Å². The fourth-order valence-electron chi connectivity index (χ4n) is 1.62. The van der Waals surface area contributed by atoms with E-state index in [1.54, 1.807) is 3.96 Å². The Hall–Kier alpha value is -0.870. The van der Waals surface area contributed by atoms with Crippen LogP contribution in [0.3, 0.4) is 0 Å². The smallest absolute Gasteiger partial charge is 0.268 e. The van der Waals surface area contributed by atoms with Crippen molar-refractivity contribution in [2.45, 2.75) is 20.4 Å². The monoisotopic (exact) mass is 242 g/mol. The molecule has 2 aromatic heterocycles. The van der Waals surface area contributed by atoms with Crippen molar-refractivity contribution in [1.29, 1.82) is 0 Å². The first-order chi connectivity index (χ1) is 7.13. The number of nitrogens with zero attached hydrogens (tertiary/aromatic N) is 2. The van der Waals surface area contributed by atoms with Crippen LogP contribution in [0.15, 0.2) is 10.9 Å². The van der Waals surface area contributed by atoms with E-state index >= 15 is 0 Å². The van der Waals surface area contributed by atoms with E-state index in [0.29, 0.717) is 12.4 Å². The van der Waals surface area contributed by atoms with Gasteiger partial charge in [0.15, 0.2) is 0 Å². The van der Waals surface area contributed by atoms with Crippen LogP contribution in [0.2, 0.25) is 0 Å². The molecule has 2 heterocycles. The predicted molar refractivity (Wildman–Crippen MR) is 64.1 cm³/mol. The molecule has 0 aliphatic rings. The fourth-order valence-corrected chi connectivity index (χ4v) is 2.98. The molecule has 0 aliphatic heterocycles. The Balaban J connectivity index is 2.76. The molecule has 0 amide bonds. The summed E-state index contributed by atoms with van der Waals surface area (Å²) in [6, 6.07) is 1.93. The van der Waals surface area contributed by atoms with E-state index in [1.807, 2.05) is 19.9 Å². The first-order valence-corrected chi connectivity index (χ1v) is 5.98. The van der Waals surface area contributed by atoms with Crippen molar-refractivity contribution in [1.82, 2.24) is 8.94 Å². The number of aryl methyl sites for hydroxylation is 3. The van der Waals surface area contributed by atoms with Crippen LogP contribution >= 0.6 is 23.1 Å². The number of rotatable bonds is 2. The van der Waals surface area contributed by atoms with Crippen molar-refractivity contribution in [3.05, 3.63) is 27.7 Å². The van der Waals surface area contributed by atoms with E-state index in [9.17, 15) is 4.79 Å². The number of aromatic nitrogens is 2. The lowest BCUT2D eigenvalue weighted by Crippen LogP contribution is -2.14. The van der Waals surface area contributed by atoms with E-state index in [0.717, 1.165) is 21.5 Å². The van der Waals surface area contributed by atoms with Gasteiger partial charge >= 0.3 is 0 Å². The SMILES string of the molecule is Cc1cc(C)c2c(=O)n(CCCl)sc2n1. The van der Waals surface area contributed by atoms with Crippen molar-refractivity contribution in [3.8, 4) is 0 Å². The largest absolute Gasteiger partial charge is 0.270 e. The van der Waals surface area contributed by atoms with E-state index < -0.39 is 0 Å². The van der Waals surface area contributed by atoms with Gasteiger partial charge in [0, 0.05) is 11.6 Å². The molecule has 0 aromatic carbocycles. The molecule has 0 saturated carbocycles. The second kappa shape index (κ2) is 3.94. The zero-order chi connectivity index (χ0) is 11.0. The lowest BCUT2D eigenvalue weighted by atomic mass is 10.2. The first kappa shape index (κ1) is 10.6. The summed E-state index contributed by atoms with van der Waals surface area (Å²) >= 11 is 7.02. The molecule has 0 saturated heterocycles. The van der Waals surface area contributed by atoms with Gasteiger partial charge < -0.3 is 0 Å². The van der Waals surface area contributed by atoms with Crippen molar-refractivity contribution in [2.75, 3.05) is 5.88 Å². The zero-order valence-electron chi connectivity index (χ0n) is 8.58. The minimum atomic E-state index is 0.0284. The second-order valence-corrected chi connectivity index (χ2v) is 4.84. The molecule has 2 rings (SSSR count). The lowest BCUT2D eigenvalue weighted by Gasteiger charge is -1.94. The highest BCUT2D eigenvalue weighted by Crippen LogP contribution is 2.18. The summed E-state index contributed by atoms with van der Waals surface area (Å²) in [5, 5.41) is 0.732. The molecule has 0 spiro atoms. The average Bonchev–Trinajstić information content (AvgIpc) is 2.43. The zero-order valence-corrected chi connectivity index (χ0v) is 10.2. The van der Waals surface area contributed by atoms with Crippen LogP contribution < -0.4 is 5.56 Å². The minimum absolute atomic E-state index is 0.0284.